The van der Waals surface area contributed by atoms with Crippen molar-refractivity contribution in [3.63, 3.8) is 0 Å². The number of methoxy groups -OCH3 is 1. The zero-order valence-corrected chi connectivity index (χ0v) is 11.6. The third-order valence-electron chi connectivity index (χ3n) is 2.56. The molecule has 0 atom stereocenters. The van der Waals surface area contributed by atoms with Crippen molar-refractivity contribution in [3.8, 4) is 11.5 Å². The molecule has 2 aromatic carbocycles. The van der Waals surface area contributed by atoms with E-state index < -0.39 is 0 Å². The summed E-state index contributed by atoms with van der Waals surface area (Å²) in [7, 11) is 1.61. The minimum absolute atomic E-state index is 0.457. The van der Waals surface area contributed by atoms with E-state index in [1.54, 1.807) is 25.3 Å². The maximum Gasteiger partial charge on any atom is 0.146 e. The van der Waals surface area contributed by atoms with Gasteiger partial charge < -0.3 is 15.2 Å². The Morgan fingerprint density at radius 3 is 2.67 bits per heavy atom. The minimum atomic E-state index is 0.457. The van der Waals surface area contributed by atoms with Crippen LogP contribution in [0.5, 0.6) is 11.5 Å². The summed E-state index contributed by atoms with van der Waals surface area (Å²) in [5, 5.41) is 0. The molecule has 0 aromatic heterocycles. The molecular formula is C14H14BrNO2. The average molecular weight is 308 g/mol. The second kappa shape index (κ2) is 5.78. The van der Waals surface area contributed by atoms with Crippen LogP contribution in [0, 0.1) is 0 Å². The molecule has 0 amide bonds. The van der Waals surface area contributed by atoms with Crippen molar-refractivity contribution in [2.45, 2.75) is 6.61 Å². The van der Waals surface area contributed by atoms with Gasteiger partial charge in [0.25, 0.3) is 0 Å². The van der Waals surface area contributed by atoms with Gasteiger partial charge in [-0.15, -0.1) is 0 Å². The summed E-state index contributed by atoms with van der Waals surface area (Å²) in [5.41, 5.74) is 7.52. The Bertz CT molecular complexity index is 543. The molecule has 94 valence electrons. The quantitative estimate of drug-likeness (QED) is 0.877. The minimum Gasteiger partial charge on any atom is -0.497 e. The van der Waals surface area contributed by atoms with Gasteiger partial charge >= 0.3 is 0 Å². The van der Waals surface area contributed by atoms with Crippen molar-refractivity contribution in [1.82, 2.24) is 0 Å². The summed E-state index contributed by atoms with van der Waals surface area (Å²) in [6, 6.07) is 13.3. The van der Waals surface area contributed by atoms with Crippen LogP contribution < -0.4 is 15.2 Å². The van der Waals surface area contributed by atoms with Gasteiger partial charge in [-0.05, 0) is 18.2 Å². The highest BCUT2D eigenvalue weighted by Crippen LogP contribution is 2.28. The van der Waals surface area contributed by atoms with Gasteiger partial charge in [-0.3, -0.25) is 0 Å². The number of nitrogen functional groups attached to an aromatic ring is 1. The van der Waals surface area contributed by atoms with Crippen LogP contribution in [0.15, 0.2) is 46.9 Å². The van der Waals surface area contributed by atoms with E-state index in [1.165, 1.54) is 0 Å². The molecule has 4 heteroatoms. The monoisotopic (exact) mass is 307 g/mol. The van der Waals surface area contributed by atoms with Crippen LogP contribution in [-0.2, 0) is 6.61 Å². The summed E-state index contributed by atoms with van der Waals surface area (Å²) < 4.78 is 11.9. The van der Waals surface area contributed by atoms with Gasteiger partial charge in [-0.25, -0.2) is 0 Å². The molecule has 0 aliphatic rings. The number of rotatable bonds is 4. The summed E-state index contributed by atoms with van der Waals surface area (Å²) >= 11 is 3.48. The molecule has 0 spiro atoms. The number of ether oxygens (including phenoxy) is 2. The van der Waals surface area contributed by atoms with Gasteiger partial charge in [0.1, 0.15) is 18.1 Å². The first kappa shape index (κ1) is 12.8. The van der Waals surface area contributed by atoms with Crippen molar-refractivity contribution >= 4 is 21.6 Å². The highest BCUT2D eigenvalue weighted by atomic mass is 79.9. The summed E-state index contributed by atoms with van der Waals surface area (Å²) in [4.78, 5) is 0. The zero-order valence-electron chi connectivity index (χ0n) is 10.0. The molecular weight excluding hydrogens is 294 g/mol. The first-order valence-corrected chi connectivity index (χ1v) is 6.29. The molecule has 2 N–H and O–H groups in total. The molecule has 3 nitrogen and oxygen atoms in total. The lowest BCUT2D eigenvalue weighted by Crippen LogP contribution is -1.99. The Balaban J connectivity index is 2.13. The topological polar surface area (TPSA) is 44.5 Å². The smallest absolute Gasteiger partial charge is 0.146 e. The molecule has 0 aliphatic carbocycles. The van der Waals surface area contributed by atoms with Crippen molar-refractivity contribution in [1.29, 1.82) is 0 Å². The highest BCUT2D eigenvalue weighted by Gasteiger charge is 2.04. The Morgan fingerprint density at radius 1 is 1.17 bits per heavy atom. The number of anilines is 1. The SMILES string of the molecule is COc1ccc(N)c(OCc2ccccc2Br)c1. The van der Waals surface area contributed by atoms with Gasteiger partial charge in [0.15, 0.2) is 0 Å². The van der Waals surface area contributed by atoms with Gasteiger partial charge in [0.05, 0.1) is 12.8 Å². The molecule has 0 radical (unpaired) electrons. The van der Waals surface area contributed by atoms with E-state index in [1.807, 2.05) is 24.3 Å². The van der Waals surface area contributed by atoms with E-state index in [-0.39, 0.29) is 0 Å². The predicted molar refractivity (Wildman–Crippen MR) is 75.9 cm³/mol. The molecule has 18 heavy (non-hydrogen) atoms. The van der Waals surface area contributed by atoms with Crippen LogP contribution in [0.3, 0.4) is 0 Å². The zero-order chi connectivity index (χ0) is 13.0. The van der Waals surface area contributed by atoms with Crippen molar-refractivity contribution < 1.29 is 9.47 Å². The second-order valence-electron chi connectivity index (χ2n) is 3.78. The number of halogens is 1. The van der Waals surface area contributed by atoms with Crippen molar-refractivity contribution in [3.05, 3.63) is 52.5 Å². The summed E-state index contributed by atoms with van der Waals surface area (Å²) in [5.74, 6) is 1.36. The molecule has 0 saturated heterocycles. The second-order valence-corrected chi connectivity index (χ2v) is 4.64. The fourth-order valence-corrected chi connectivity index (χ4v) is 1.94. The normalized spacial score (nSPS) is 10.1. The summed E-state index contributed by atoms with van der Waals surface area (Å²) in [6.07, 6.45) is 0. The lowest BCUT2D eigenvalue weighted by molar-refractivity contribution is 0.304. The largest absolute Gasteiger partial charge is 0.497 e. The Morgan fingerprint density at radius 2 is 1.94 bits per heavy atom. The van der Waals surface area contributed by atoms with E-state index in [9.17, 15) is 0 Å². The Hall–Kier alpha value is -1.68. The van der Waals surface area contributed by atoms with Crippen LogP contribution in [0.1, 0.15) is 5.56 Å². The average Bonchev–Trinajstić information content (AvgIpc) is 2.39. The number of benzene rings is 2. The fraction of sp³-hybridized carbons (Fsp3) is 0.143. The van der Waals surface area contributed by atoms with E-state index in [0.717, 1.165) is 15.8 Å². The lowest BCUT2D eigenvalue weighted by atomic mass is 10.2. The van der Waals surface area contributed by atoms with E-state index >= 15 is 0 Å². The Labute approximate surface area is 115 Å². The third kappa shape index (κ3) is 2.96. The molecule has 0 fully saturated rings. The van der Waals surface area contributed by atoms with Crippen LogP contribution in [-0.4, -0.2) is 7.11 Å². The molecule has 0 saturated carbocycles. The fourth-order valence-electron chi connectivity index (χ4n) is 1.54. The molecule has 0 bridgehead atoms. The van der Waals surface area contributed by atoms with E-state index in [4.69, 9.17) is 15.2 Å². The molecule has 2 aromatic rings. The van der Waals surface area contributed by atoms with Crippen molar-refractivity contribution in [2.75, 3.05) is 12.8 Å². The molecule has 0 unspecified atom stereocenters. The van der Waals surface area contributed by atoms with Gasteiger partial charge in [-0.1, -0.05) is 34.1 Å². The predicted octanol–water partition coefficient (Wildman–Crippen LogP) is 3.62. The van der Waals surface area contributed by atoms with Crippen LogP contribution in [0.4, 0.5) is 5.69 Å². The summed E-state index contributed by atoms with van der Waals surface area (Å²) in [6.45, 7) is 0.457. The number of nitrogens with two attached hydrogens (primary N) is 1. The third-order valence-corrected chi connectivity index (χ3v) is 3.34. The standard InChI is InChI=1S/C14H14BrNO2/c1-17-11-6-7-13(16)14(8-11)18-9-10-4-2-3-5-12(10)15/h2-8H,9,16H2,1H3. The lowest BCUT2D eigenvalue weighted by Gasteiger charge is -2.11. The maximum absolute atomic E-state index is 5.85. The molecule has 0 heterocycles. The molecule has 2 rings (SSSR count). The maximum atomic E-state index is 5.85. The van der Waals surface area contributed by atoms with E-state index in [0.29, 0.717) is 18.0 Å². The van der Waals surface area contributed by atoms with Crippen molar-refractivity contribution in [2.24, 2.45) is 0 Å². The highest BCUT2D eigenvalue weighted by molar-refractivity contribution is 9.10. The van der Waals surface area contributed by atoms with Crippen LogP contribution in [0.25, 0.3) is 0 Å². The van der Waals surface area contributed by atoms with Gasteiger partial charge in [0.2, 0.25) is 0 Å². The van der Waals surface area contributed by atoms with Crippen LogP contribution >= 0.6 is 15.9 Å². The molecule has 0 aliphatic heterocycles. The van der Waals surface area contributed by atoms with E-state index in [2.05, 4.69) is 15.9 Å². The Kier molecular flexibility index (Phi) is 4.10. The number of hydrogen-bond acceptors (Lipinski definition) is 3. The first-order chi connectivity index (χ1) is 8.70. The van der Waals surface area contributed by atoms with Gasteiger partial charge in [-0.2, -0.15) is 0 Å². The first-order valence-electron chi connectivity index (χ1n) is 5.50. The van der Waals surface area contributed by atoms with Gasteiger partial charge in [0, 0.05) is 16.1 Å². The van der Waals surface area contributed by atoms with Crippen LogP contribution in [0.2, 0.25) is 0 Å². The number of hydrogen-bond donors (Lipinski definition) is 1.